The van der Waals surface area contributed by atoms with Gasteiger partial charge in [0.1, 0.15) is 0 Å². The van der Waals surface area contributed by atoms with E-state index in [0.717, 1.165) is 5.56 Å². The lowest BCUT2D eigenvalue weighted by Crippen LogP contribution is -2.36. The highest BCUT2D eigenvalue weighted by Gasteiger charge is 2.50. The average Bonchev–Trinajstić information content (AvgIpc) is 2.91. The highest BCUT2D eigenvalue weighted by atomic mass is 32.1. The molecule has 1 saturated carbocycles. The Kier molecular flexibility index (Phi) is 3.19. The van der Waals surface area contributed by atoms with Gasteiger partial charge in [-0.05, 0) is 42.2 Å². The summed E-state index contributed by atoms with van der Waals surface area (Å²) in [5.41, 5.74) is 0.289. The lowest BCUT2D eigenvalue weighted by atomic mass is 10.0. The Labute approximate surface area is 104 Å². The second kappa shape index (κ2) is 4.49. The van der Waals surface area contributed by atoms with E-state index in [1.165, 1.54) is 0 Å². The van der Waals surface area contributed by atoms with Crippen LogP contribution in [0.25, 0.3) is 0 Å². The average molecular weight is 253 g/mol. The van der Waals surface area contributed by atoms with Crippen molar-refractivity contribution in [3.63, 3.8) is 0 Å². The fourth-order valence-corrected chi connectivity index (χ4v) is 2.45. The number of carbonyl (C=O) groups excluding carboxylic acids is 1. The third-order valence-electron chi connectivity index (χ3n) is 3.34. The molecule has 0 bridgehead atoms. The van der Waals surface area contributed by atoms with Crippen LogP contribution >= 0.6 is 11.3 Å². The molecule has 2 N–H and O–H groups in total. The number of hydrogen-bond acceptors (Lipinski definition) is 3. The molecule has 0 radical (unpaired) electrons. The number of aliphatic carboxylic acids is 1. The van der Waals surface area contributed by atoms with Gasteiger partial charge in [-0.2, -0.15) is 11.3 Å². The van der Waals surface area contributed by atoms with E-state index in [0.29, 0.717) is 12.8 Å². The first-order valence-corrected chi connectivity index (χ1v) is 6.53. The topological polar surface area (TPSA) is 66.4 Å². The molecule has 1 unspecified atom stereocenters. The quantitative estimate of drug-likeness (QED) is 0.841. The lowest BCUT2D eigenvalue weighted by Gasteiger charge is -2.14. The zero-order valence-corrected chi connectivity index (χ0v) is 10.4. The van der Waals surface area contributed by atoms with E-state index < -0.39 is 11.4 Å². The number of carbonyl (C=O) groups is 2. The number of carboxylic acid groups (broad SMARTS) is 1. The maximum atomic E-state index is 11.8. The van der Waals surface area contributed by atoms with E-state index in [2.05, 4.69) is 5.32 Å². The Hall–Kier alpha value is -1.36. The second-order valence-electron chi connectivity index (χ2n) is 4.58. The molecule has 5 heteroatoms. The molecule has 1 heterocycles. The number of amides is 1. The minimum atomic E-state index is -0.805. The molecule has 92 valence electrons. The molecule has 0 aromatic carbocycles. The zero-order valence-electron chi connectivity index (χ0n) is 9.60. The van der Waals surface area contributed by atoms with Crippen molar-refractivity contribution >= 4 is 23.2 Å². The van der Waals surface area contributed by atoms with Crippen LogP contribution in [0.1, 0.15) is 31.2 Å². The monoisotopic (exact) mass is 253 g/mol. The first-order valence-electron chi connectivity index (χ1n) is 5.58. The molecule has 1 aromatic heterocycles. The van der Waals surface area contributed by atoms with Crippen molar-refractivity contribution in [1.29, 1.82) is 0 Å². The maximum absolute atomic E-state index is 11.8. The van der Waals surface area contributed by atoms with E-state index in [4.69, 9.17) is 5.11 Å². The minimum absolute atomic E-state index is 0.101. The third kappa shape index (κ3) is 2.49. The van der Waals surface area contributed by atoms with Gasteiger partial charge >= 0.3 is 5.97 Å². The number of carboxylic acids is 1. The summed E-state index contributed by atoms with van der Waals surface area (Å²) in [5, 5.41) is 15.6. The molecule has 1 aromatic rings. The maximum Gasteiger partial charge on any atom is 0.311 e. The Morgan fingerprint density at radius 3 is 2.76 bits per heavy atom. The number of nitrogens with one attached hydrogen (secondary N) is 1. The van der Waals surface area contributed by atoms with E-state index in [1.807, 2.05) is 23.8 Å². The summed E-state index contributed by atoms with van der Waals surface area (Å²) in [4.78, 5) is 22.8. The molecular formula is C12H15NO3S. The highest BCUT2D eigenvalue weighted by Crippen LogP contribution is 2.45. The number of hydrogen-bond donors (Lipinski definition) is 2. The predicted octanol–water partition coefficient (Wildman–Crippen LogP) is 1.83. The van der Waals surface area contributed by atoms with Crippen LogP contribution in [0, 0.1) is 5.41 Å². The summed E-state index contributed by atoms with van der Waals surface area (Å²) in [5.74, 6) is -1.12. The summed E-state index contributed by atoms with van der Waals surface area (Å²) >= 11 is 1.55. The Bertz CT molecular complexity index is 423. The number of thiophene rings is 1. The van der Waals surface area contributed by atoms with E-state index in [1.54, 1.807) is 11.3 Å². The zero-order chi connectivity index (χ0) is 12.5. The van der Waals surface area contributed by atoms with Gasteiger partial charge in [0.25, 0.3) is 0 Å². The van der Waals surface area contributed by atoms with Gasteiger partial charge in [-0.15, -0.1) is 0 Å². The molecule has 1 aliphatic rings. The largest absolute Gasteiger partial charge is 0.481 e. The minimum Gasteiger partial charge on any atom is -0.481 e. The fourth-order valence-electron chi connectivity index (χ4n) is 1.70. The molecule has 4 nitrogen and oxygen atoms in total. The number of rotatable bonds is 5. The fraction of sp³-hybridized carbons (Fsp3) is 0.500. The van der Waals surface area contributed by atoms with E-state index in [9.17, 15) is 9.59 Å². The van der Waals surface area contributed by atoms with Crippen molar-refractivity contribution in [3.8, 4) is 0 Å². The summed E-state index contributed by atoms with van der Waals surface area (Å²) in [6.07, 6.45) is 1.32. The molecule has 0 saturated heterocycles. The standard InChI is InChI=1S/C12H15NO3S/c1-8(9-2-5-17-6-9)10(14)13-7-12(3-4-12)11(15)16/h2,5-6,8H,3-4,7H2,1H3,(H,13,14)(H,15,16). The van der Waals surface area contributed by atoms with Crippen LogP contribution in [0.2, 0.25) is 0 Å². The second-order valence-corrected chi connectivity index (χ2v) is 5.36. The van der Waals surface area contributed by atoms with Gasteiger partial charge in [0.2, 0.25) is 5.91 Å². The Balaban J connectivity index is 1.88. The van der Waals surface area contributed by atoms with Gasteiger partial charge in [0.15, 0.2) is 0 Å². The molecule has 0 aliphatic heterocycles. The first kappa shape index (κ1) is 12.1. The lowest BCUT2D eigenvalue weighted by molar-refractivity contribution is -0.143. The molecule has 1 fully saturated rings. The van der Waals surface area contributed by atoms with Crippen molar-refractivity contribution in [2.75, 3.05) is 6.54 Å². The highest BCUT2D eigenvalue weighted by molar-refractivity contribution is 7.08. The van der Waals surface area contributed by atoms with Gasteiger partial charge in [-0.25, -0.2) is 0 Å². The van der Waals surface area contributed by atoms with Crippen LogP contribution in [-0.2, 0) is 9.59 Å². The van der Waals surface area contributed by atoms with Crippen LogP contribution in [0.15, 0.2) is 16.8 Å². The molecule has 2 rings (SSSR count). The molecule has 1 aliphatic carbocycles. The van der Waals surface area contributed by atoms with Crippen LogP contribution in [0.5, 0.6) is 0 Å². The van der Waals surface area contributed by atoms with Gasteiger partial charge in [-0.1, -0.05) is 0 Å². The molecular weight excluding hydrogens is 238 g/mol. The molecule has 0 spiro atoms. The van der Waals surface area contributed by atoms with E-state index in [-0.39, 0.29) is 18.4 Å². The smallest absolute Gasteiger partial charge is 0.311 e. The summed E-state index contributed by atoms with van der Waals surface area (Å²) < 4.78 is 0. The molecule has 17 heavy (non-hydrogen) atoms. The van der Waals surface area contributed by atoms with Crippen molar-refractivity contribution in [2.45, 2.75) is 25.7 Å². The SMILES string of the molecule is CC(C(=O)NCC1(C(=O)O)CC1)c1ccsc1. The third-order valence-corrected chi connectivity index (χ3v) is 4.05. The van der Waals surface area contributed by atoms with E-state index >= 15 is 0 Å². The Morgan fingerprint density at radius 1 is 1.59 bits per heavy atom. The van der Waals surface area contributed by atoms with Gasteiger partial charge in [0.05, 0.1) is 11.3 Å². The van der Waals surface area contributed by atoms with Crippen LogP contribution in [0.4, 0.5) is 0 Å². The summed E-state index contributed by atoms with van der Waals surface area (Å²) in [7, 11) is 0. The van der Waals surface area contributed by atoms with Gasteiger partial charge in [0, 0.05) is 6.54 Å². The van der Waals surface area contributed by atoms with Crippen molar-refractivity contribution in [3.05, 3.63) is 22.4 Å². The summed E-state index contributed by atoms with van der Waals surface area (Å²) in [6, 6.07) is 1.92. The van der Waals surface area contributed by atoms with Gasteiger partial charge in [-0.3, -0.25) is 9.59 Å². The normalized spacial score (nSPS) is 18.4. The van der Waals surface area contributed by atoms with Crippen molar-refractivity contribution in [2.24, 2.45) is 5.41 Å². The molecule has 1 amide bonds. The predicted molar refractivity (Wildman–Crippen MR) is 65.0 cm³/mol. The van der Waals surface area contributed by atoms with Crippen LogP contribution < -0.4 is 5.32 Å². The molecule has 1 atom stereocenters. The first-order chi connectivity index (χ1) is 8.05. The Morgan fingerprint density at radius 2 is 2.29 bits per heavy atom. The van der Waals surface area contributed by atoms with Crippen molar-refractivity contribution in [1.82, 2.24) is 5.32 Å². The summed E-state index contributed by atoms with van der Waals surface area (Å²) in [6.45, 7) is 2.08. The van der Waals surface area contributed by atoms with Crippen LogP contribution in [-0.4, -0.2) is 23.5 Å². The van der Waals surface area contributed by atoms with Crippen molar-refractivity contribution < 1.29 is 14.7 Å². The van der Waals surface area contributed by atoms with Gasteiger partial charge < -0.3 is 10.4 Å². The van der Waals surface area contributed by atoms with Crippen LogP contribution in [0.3, 0.4) is 0 Å².